The summed E-state index contributed by atoms with van der Waals surface area (Å²) in [6.45, 7) is 0.986. The lowest BCUT2D eigenvalue weighted by Crippen LogP contribution is -2.27. The largest absolute Gasteiger partial charge is 0.246 e. The molecule has 0 aromatic rings. The van der Waals surface area contributed by atoms with Crippen molar-refractivity contribution in [3.05, 3.63) is 0 Å². The van der Waals surface area contributed by atoms with Gasteiger partial charge in [-0.15, -0.1) is 11.6 Å². The van der Waals surface area contributed by atoms with Gasteiger partial charge in [0.2, 0.25) is 5.92 Å². The van der Waals surface area contributed by atoms with Gasteiger partial charge in [-0.2, -0.15) is 0 Å². The van der Waals surface area contributed by atoms with Crippen LogP contribution in [0.3, 0.4) is 0 Å². The molecule has 0 nitrogen and oxygen atoms in total. The van der Waals surface area contributed by atoms with E-state index in [1.54, 1.807) is 0 Å². The van der Waals surface area contributed by atoms with E-state index < -0.39 is 5.92 Å². The van der Waals surface area contributed by atoms with Crippen LogP contribution in [0.2, 0.25) is 0 Å². The Morgan fingerprint density at radius 2 is 1.83 bits per heavy atom. The van der Waals surface area contributed by atoms with Gasteiger partial charge in [-0.3, -0.25) is 0 Å². The Bertz CT molecular complexity index is 145. The third kappa shape index (κ3) is 2.58. The molecule has 12 heavy (non-hydrogen) atoms. The van der Waals surface area contributed by atoms with Crippen LogP contribution in [0.5, 0.6) is 0 Å². The van der Waals surface area contributed by atoms with Crippen molar-refractivity contribution in [2.24, 2.45) is 5.41 Å². The van der Waals surface area contributed by atoms with Gasteiger partial charge in [0.15, 0.2) is 0 Å². The SMILES string of the molecule is CC(F)(F)CC1(CCl)CCCC1. The fourth-order valence-electron chi connectivity index (χ4n) is 2.14. The van der Waals surface area contributed by atoms with E-state index >= 15 is 0 Å². The van der Waals surface area contributed by atoms with Gasteiger partial charge in [0.25, 0.3) is 0 Å². The molecule has 0 N–H and O–H groups in total. The normalized spacial score (nSPS) is 23.0. The van der Waals surface area contributed by atoms with E-state index in [1.807, 2.05) is 0 Å². The molecule has 0 bridgehead atoms. The number of hydrogen-bond donors (Lipinski definition) is 0. The van der Waals surface area contributed by atoms with E-state index in [-0.39, 0.29) is 11.8 Å². The van der Waals surface area contributed by atoms with Crippen LogP contribution >= 0.6 is 11.6 Å². The number of rotatable bonds is 3. The molecule has 0 spiro atoms. The highest BCUT2D eigenvalue weighted by Gasteiger charge is 2.40. The predicted molar refractivity (Wildman–Crippen MR) is 46.9 cm³/mol. The van der Waals surface area contributed by atoms with E-state index in [2.05, 4.69) is 0 Å². The predicted octanol–water partition coefficient (Wildman–Crippen LogP) is 3.83. The zero-order valence-corrected chi connectivity index (χ0v) is 8.13. The zero-order valence-electron chi connectivity index (χ0n) is 7.38. The molecule has 0 aliphatic heterocycles. The molecule has 0 saturated heterocycles. The van der Waals surface area contributed by atoms with Gasteiger partial charge in [-0.25, -0.2) is 8.78 Å². The van der Waals surface area contributed by atoms with E-state index in [1.165, 1.54) is 0 Å². The van der Waals surface area contributed by atoms with Gasteiger partial charge in [0.05, 0.1) is 0 Å². The monoisotopic (exact) mass is 196 g/mol. The maximum absolute atomic E-state index is 12.7. The van der Waals surface area contributed by atoms with Crippen LogP contribution in [-0.2, 0) is 0 Å². The molecule has 0 unspecified atom stereocenters. The van der Waals surface area contributed by atoms with Crippen LogP contribution in [0.25, 0.3) is 0 Å². The molecule has 0 heterocycles. The first-order valence-electron chi connectivity index (χ1n) is 4.41. The highest BCUT2D eigenvalue weighted by molar-refractivity contribution is 6.18. The lowest BCUT2D eigenvalue weighted by atomic mass is 9.82. The molecule has 1 fully saturated rings. The van der Waals surface area contributed by atoms with Crippen molar-refractivity contribution in [3.63, 3.8) is 0 Å². The third-order valence-corrected chi connectivity index (χ3v) is 3.20. The van der Waals surface area contributed by atoms with Crippen LogP contribution in [0.1, 0.15) is 39.0 Å². The zero-order chi connectivity index (χ0) is 9.24. The Balaban J connectivity index is 2.55. The van der Waals surface area contributed by atoms with Crippen molar-refractivity contribution in [3.8, 4) is 0 Å². The average Bonchev–Trinajstić information content (AvgIpc) is 2.34. The first kappa shape index (κ1) is 10.2. The molecule has 3 heteroatoms. The summed E-state index contributed by atoms with van der Waals surface area (Å²) in [6, 6.07) is 0. The van der Waals surface area contributed by atoms with Crippen molar-refractivity contribution in [1.29, 1.82) is 0 Å². The molecular weight excluding hydrogens is 182 g/mol. The summed E-state index contributed by atoms with van der Waals surface area (Å²) in [4.78, 5) is 0. The first-order valence-corrected chi connectivity index (χ1v) is 4.95. The van der Waals surface area contributed by atoms with Crippen molar-refractivity contribution < 1.29 is 8.78 Å². The fourth-order valence-corrected chi connectivity index (χ4v) is 2.50. The Morgan fingerprint density at radius 1 is 1.33 bits per heavy atom. The van der Waals surface area contributed by atoms with E-state index in [0.29, 0.717) is 5.88 Å². The van der Waals surface area contributed by atoms with Gasteiger partial charge in [-0.05, 0) is 25.2 Å². The minimum absolute atomic E-state index is 0.0382. The molecule has 0 aromatic heterocycles. The highest BCUT2D eigenvalue weighted by atomic mass is 35.5. The summed E-state index contributed by atoms with van der Waals surface area (Å²) in [7, 11) is 0. The van der Waals surface area contributed by atoms with Gasteiger partial charge in [0, 0.05) is 12.3 Å². The second kappa shape index (κ2) is 3.49. The first-order chi connectivity index (χ1) is 5.47. The van der Waals surface area contributed by atoms with Gasteiger partial charge < -0.3 is 0 Å². The summed E-state index contributed by atoms with van der Waals surface area (Å²) < 4.78 is 25.5. The lowest BCUT2D eigenvalue weighted by Gasteiger charge is -2.29. The van der Waals surface area contributed by atoms with Gasteiger partial charge in [-0.1, -0.05) is 12.8 Å². The van der Waals surface area contributed by atoms with Crippen molar-refractivity contribution in [2.75, 3.05) is 5.88 Å². The standard InChI is InChI=1S/C9H15ClF2/c1-8(11,12)6-9(7-10)4-2-3-5-9/h2-7H2,1H3. The van der Waals surface area contributed by atoms with E-state index in [0.717, 1.165) is 32.6 Å². The van der Waals surface area contributed by atoms with Crippen molar-refractivity contribution >= 4 is 11.6 Å². The minimum Gasteiger partial charge on any atom is -0.207 e. The quantitative estimate of drug-likeness (QED) is 0.602. The maximum Gasteiger partial charge on any atom is 0.246 e. The Morgan fingerprint density at radius 3 is 2.17 bits per heavy atom. The molecule has 0 radical (unpaired) electrons. The Kier molecular flexibility index (Phi) is 2.97. The van der Waals surface area contributed by atoms with E-state index in [4.69, 9.17) is 11.6 Å². The molecule has 1 aliphatic carbocycles. The number of hydrogen-bond acceptors (Lipinski definition) is 0. The number of halogens is 3. The molecular formula is C9H15ClF2. The highest BCUT2D eigenvalue weighted by Crippen LogP contribution is 2.46. The van der Waals surface area contributed by atoms with Crippen LogP contribution < -0.4 is 0 Å². The molecule has 0 atom stereocenters. The van der Waals surface area contributed by atoms with Crippen LogP contribution in [0.4, 0.5) is 8.78 Å². The molecule has 1 rings (SSSR count). The summed E-state index contributed by atoms with van der Waals surface area (Å²) in [5, 5.41) is 0. The van der Waals surface area contributed by atoms with Crippen molar-refractivity contribution in [2.45, 2.75) is 45.0 Å². The summed E-state index contributed by atoms with van der Waals surface area (Å²) >= 11 is 5.74. The average molecular weight is 197 g/mol. The summed E-state index contributed by atoms with van der Waals surface area (Å²) in [5.41, 5.74) is -0.264. The Labute approximate surface area is 77.3 Å². The third-order valence-electron chi connectivity index (χ3n) is 2.63. The van der Waals surface area contributed by atoms with Gasteiger partial charge in [0.1, 0.15) is 0 Å². The molecule has 1 saturated carbocycles. The topological polar surface area (TPSA) is 0 Å². The minimum atomic E-state index is -2.56. The Hall–Kier alpha value is 0.150. The summed E-state index contributed by atoms with van der Waals surface area (Å²) in [6.07, 6.45) is 3.83. The molecule has 0 amide bonds. The van der Waals surface area contributed by atoms with E-state index in [9.17, 15) is 8.78 Å². The van der Waals surface area contributed by atoms with Gasteiger partial charge >= 0.3 is 0 Å². The number of alkyl halides is 3. The molecule has 0 aromatic carbocycles. The molecule has 1 aliphatic rings. The smallest absolute Gasteiger partial charge is 0.207 e. The fraction of sp³-hybridized carbons (Fsp3) is 1.00. The van der Waals surface area contributed by atoms with Crippen LogP contribution in [0, 0.1) is 5.41 Å². The second-order valence-corrected chi connectivity index (χ2v) is 4.35. The molecule has 72 valence electrons. The maximum atomic E-state index is 12.7. The second-order valence-electron chi connectivity index (χ2n) is 4.09. The van der Waals surface area contributed by atoms with Crippen LogP contribution in [0.15, 0.2) is 0 Å². The lowest BCUT2D eigenvalue weighted by molar-refractivity contribution is -0.0229. The van der Waals surface area contributed by atoms with Crippen LogP contribution in [-0.4, -0.2) is 11.8 Å². The van der Waals surface area contributed by atoms with Crippen molar-refractivity contribution in [1.82, 2.24) is 0 Å². The summed E-state index contributed by atoms with van der Waals surface area (Å²) in [5.74, 6) is -2.17.